The molecule has 0 bridgehead atoms. The molecule has 1 aromatic carbocycles. The van der Waals surface area contributed by atoms with Crippen molar-refractivity contribution >= 4 is 44.9 Å². The van der Waals surface area contributed by atoms with Crippen LogP contribution in [0.25, 0.3) is 10.2 Å². The summed E-state index contributed by atoms with van der Waals surface area (Å²) in [5, 5.41) is 4.66. The van der Waals surface area contributed by atoms with Crippen LogP contribution in [-0.4, -0.2) is 28.2 Å². The van der Waals surface area contributed by atoms with Crippen LogP contribution in [0.15, 0.2) is 35.6 Å². The number of fused-ring (bicyclic) bond motifs is 3. The van der Waals surface area contributed by atoms with Crippen LogP contribution in [0.2, 0.25) is 0 Å². The molecule has 0 spiro atoms. The van der Waals surface area contributed by atoms with E-state index in [-0.39, 0.29) is 17.4 Å². The Balaban J connectivity index is 1.40. The molecule has 0 saturated carbocycles. The number of nitrogens with zero attached hydrogens (tertiary/aromatic N) is 2. The van der Waals surface area contributed by atoms with E-state index in [0.717, 1.165) is 34.5 Å². The Morgan fingerprint density at radius 2 is 2.07 bits per heavy atom. The monoisotopic (exact) mass is 407 g/mol. The van der Waals surface area contributed by atoms with E-state index in [4.69, 9.17) is 0 Å². The molecular formula is C18H15F2N3O2S2. The maximum absolute atomic E-state index is 12.2. The SMILES string of the molecule is O=C(CSc1ncnc2sc3c(c12)CCC3)Nc1ccc(OC(F)F)cc1. The van der Waals surface area contributed by atoms with Gasteiger partial charge in [0.1, 0.15) is 21.9 Å². The summed E-state index contributed by atoms with van der Waals surface area (Å²) < 4.78 is 28.6. The first-order valence-corrected chi connectivity index (χ1v) is 10.1. The van der Waals surface area contributed by atoms with E-state index < -0.39 is 6.61 Å². The number of aryl methyl sites for hydroxylation is 2. The van der Waals surface area contributed by atoms with Crippen molar-refractivity contribution in [3.63, 3.8) is 0 Å². The molecule has 0 unspecified atom stereocenters. The molecule has 2 heterocycles. The minimum absolute atomic E-state index is 0.0482. The smallest absolute Gasteiger partial charge is 0.387 e. The molecule has 1 aliphatic carbocycles. The molecule has 0 atom stereocenters. The van der Waals surface area contributed by atoms with Crippen molar-refractivity contribution in [2.45, 2.75) is 30.9 Å². The van der Waals surface area contributed by atoms with Gasteiger partial charge in [0.15, 0.2) is 0 Å². The summed E-state index contributed by atoms with van der Waals surface area (Å²) in [4.78, 5) is 23.3. The molecule has 1 N–H and O–H groups in total. The molecule has 2 aromatic heterocycles. The number of hydrogen-bond acceptors (Lipinski definition) is 6. The van der Waals surface area contributed by atoms with Gasteiger partial charge in [0.25, 0.3) is 0 Å². The quantitative estimate of drug-likeness (QED) is 0.481. The Morgan fingerprint density at radius 3 is 2.85 bits per heavy atom. The predicted octanol–water partition coefficient (Wildman–Crippen LogP) is 4.51. The van der Waals surface area contributed by atoms with Crippen LogP contribution in [0.3, 0.4) is 0 Å². The minimum atomic E-state index is -2.87. The zero-order valence-corrected chi connectivity index (χ0v) is 15.7. The van der Waals surface area contributed by atoms with Crippen molar-refractivity contribution < 1.29 is 18.3 Å². The van der Waals surface area contributed by atoms with Crippen molar-refractivity contribution in [3.8, 4) is 5.75 Å². The number of ether oxygens (including phenoxy) is 1. The lowest BCUT2D eigenvalue weighted by atomic mass is 10.2. The average molecular weight is 407 g/mol. The van der Waals surface area contributed by atoms with Crippen molar-refractivity contribution in [2.75, 3.05) is 11.1 Å². The van der Waals surface area contributed by atoms with Crippen LogP contribution in [0.1, 0.15) is 16.9 Å². The lowest BCUT2D eigenvalue weighted by Gasteiger charge is -2.08. The number of nitrogens with one attached hydrogen (secondary N) is 1. The summed E-state index contributed by atoms with van der Waals surface area (Å²) in [6, 6.07) is 5.82. The van der Waals surface area contributed by atoms with Crippen LogP contribution < -0.4 is 10.1 Å². The van der Waals surface area contributed by atoms with Crippen LogP contribution in [0.5, 0.6) is 5.75 Å². The molecule has 140 valence electrons. The fraction of sp³-hybridized carbons (Fsp3) is 0.278. The van der Waals surface area contributed by atoms with E-state index in [2.05, 4.69) is 20.0 Å². The average Bonchev–Trinajstić information content (AvgIpc) is 3.22. The van der Waals surface area contributed by atoms with Crippen molar-refractivity contribution in [2.24, 2.45) is 0 Å². The molecule has 5 nitrogen and oxygen atoms in total. The highest BCUT2D eigenvalue weighted by Crippen LogP contribution is 2.39. The van der Waals surface area contributed by atoms with Crippen molar-refractivity contribution in [3.05, 3.63) is 41.0 Å². The molecule has 0 aliphatic heterocycles. The summed E-state index contributed by atoms with van der Waals surface area (Å²) in [6.07, 6.45) is 4.82. The highest BCUT2D eigenvalue weighted by molar-refractivity contribution is 8.00. The van der Waals surface area contributed by atoms with Gasteiger partial charge in [-0.2, -0.15) is 8.78 Å². The van der Waals surface area contributed by atoms with Crippen LogP contribution in [0, 0.1) is 0 Å². The molecule has 3 aromatic rings. The van der Waals surface area contributed by atoms with E-state index in [1.807, 2.05) is 0 Å². The first-order valence-electron chi connectivity index (χ1n) is 8.33. The number of thiophene rings is 1. The number of amides is 1. The van der Waals surface area contributed by atoms with Gasteiger partial charge in [-0.3, -0.25) is 4.79 Å². The molecule has 1 amide bonds. The van der Waals surface area contributed by atoms with Gasteiger partial charge in [-0.1, -0.05) is 11.8 Å². The first kappa shape index (κ1) is 18.1. The highest BCUT2D eigenvalue weighted by atomic mass is 32.2. The third kappa shape index (κ3) is 4.03. The Bertz CT molecular complexity index is 977. The number of thioether (sulfide) groups is 1. The second-order valence-corrected chi connectivity index (χ2v) is 8.00. The third-order valence-electron chi connectivity index (χ3n) is 4.17. The topological polar surface area (TPSA) is 64.1 Å². The number of aromatic nitrogens is 2. The molecule has 9 heteroatoms. The Kier molecular flexibility index (Phi) is 5.22. The normalized spacial score (nSPS) is 13.1. The van der Waals surface area contributed by atoms with Gasteiger partial charge in [0.05, 0.1) is 5.75 Å². The van der Waals surface area contributed by atoms with Gasteiger partial charge in [-0.05, 0) is 49.1 Å². The second-order valence-electron chi connectivity index (χ2n) is 5.96. The second kappa shape index (κ2) is 7.77. The number of hydrogen-bond donors (Lipinski definition) is 1. The van der Waals surface area contributed by atoms with Gasteiger partial charge in [0.2, 0.25) is 5.91 Å². The van der Waals surface area contributed by atoms with Crippen LogP contribution in [-0.2, 0) is 17.6 Å². The zero-order chi connectivity index (χ0) is 18.8. The molecule has 1 aliphatic rings. The lowest BCUT2D eigenvalue weighted by Crippen LogP contribution is -2.14. The summed E-state index contributed by atoms with van der Waals surface area (Å²) in [6.45, 7) is -2.87. The summed E-state index contributed by atoms with van der Waals surface area (Å²) in [5.74, 6) is 0.0553. The number of carbonyl (C=O) groups excluding carboxylic acids is 1. The fourth-order valence-electron chi connectivity index (χ4n) is 3.06. The van der Waals surface area contributed by atoms with Crippen molar-refractivity contribution in [1.29, 1.82) is 0 Å². The van der Waals surface area contributed by atoms with E-state index in [0.29, 0.717) is 5.69 Å². The Morgan fingerprint density at radius 1 is 1.26 bits per heavy atom. The number of alkyl halides is 2. The maximum atomic E-state index is 12.2. The van der Waals surface area contributed by atoms with E-state index in [9.17, 15) is 13.6 Å². The molecule has 4 rings (SSSR count). The Hall–Kier alpha value is -2.26. The number of rotatable bonds is 6. The maximum Gasteiger partial charge on any atom is 0.387 e. The van der Waals surface area contributed by atoms with E-state index in [1.165, 1.54) is 52.8 Å². The number of benzene rings is 1. The first-order chi connectivity index (χ1) is 13.1. The highest BCUT2D eigenvalue weighted by Gasteiger charge is 2.21. The summed E-state index contributed by atoms with van der Waals surface area (Å²) in [7, 11) is 0. The molecular weight excluding hydrogens is 392 g/mol. The minimum Gasteiger partial charge on any atom is -0.435 e. The number of carbonyl (C=O) groups is 1. The summed E-state index contributed by atoms with van der Waals surface area (Å²) >= 11 is 3.09. The molecule has 0 saturated heterocycles. The molecule has 27 heavy (non-hydrogen) atoms. The van der Waals surface area contributed by atoms with Gasteiger partial charge in [-0.15, -0.1) is 11.3 Å². The van der Waals surface area contributed by atoms with Crippen LogP contribution >= 0.6 is 23.1 Å². The Labute approximate surface area is 162 Å². The van der Waals surface area contributed by atoms with E-state index >= 15 is 0 Å². The summed E-state index contributed by atoms with van der Waals surface area (Å²) in [5.41, 5.74) is 1.85. The third-order valence-corrected chi connectivity index (χ3v) is 6.36. The van der Waals surface area contributed by atoms with Gasteiger partial charge < -0.3 is 10.1 Å². The zero-order valence-electron chi connectivity index (χ0n) is 14.1. The fourth-order valence-corrected chi connectivity index (χ4v) is 5.18. The standard InChI is InChI=1S/C18H15F2N3O2S2/c19-18(20)25-11-6-4-10(5-7-11)23-14(24)8-26-16-15-12-2-1-3-13(12)27-17(15)22-9-21-16/h4-7,9,18H,1-3,8H2,(H,23,24). The predicted molar refractivity (Wildman–Crippen MR) is 102 cm³/mol. The lowest BCUT2D eigenvalue weighted by molar-refractivity contribution is -0.113. The number of anilines is 1. The van der Waals surface area contributed by atoms with Gasteiger partial charge in [-0.25, -0.2) is 9.97 Å². The number of halogens is 2. The van der Waals surface area contributed by atoms with E-state index in [1.54, 1.807) is 11.3 Å². The largest absolute Gasteiger partial charge is 0.435 e. The molecule has 0 radical (unpaired) electrons. The van der Waals surface area contributed by atoms with Gasteiger partial charge in [0, 0.05) is 16.0 Å². The van der Waals surface area contributed by atoms with Crippen LogP contribution in [0.4, 0.5) is 14.5 Å². The van der Waals surface area contributed by atoms with Crippen molar-refractivity contribution in [1.82, 2.24) is 9.97 Å². The van der Waals surface area contributed by atoms with Gasteiger partial charge >= 0.3 is 6.61 Å². The molecule has 0 fully saturated rings.